The summed E-state index contributed by atoms with van der Waals surface area (Å²) in [6, 6.07) is 10.0. The lowest BCUT2D eigenvalue weighted by Crippen LogP contribution is -2.17. The van der Waals surface area contributed by atoms with Gasteiger partial charge < -0.3 is 5.32 Å². The van der Waals surface area contributed by atoms with Crippen molar-refractivity contribution in [3.8, 4) is 0 Å². The van der Waals surface area contributed by atoms with E-state index in [0.717, 1.165) is 5.56 Å². The van der Waals surface area contributed by atoms with Crippen LogP contribution < -0.4 is 5.32 Å². The number of nitrogens with one attached hydrogen (secondary N) is 1. The average Bonchev–Trinajstić information content (AvgIpc) is 2.69. The molecule has 1 heterocycles. The van der Waals surface area contributed by atoms with Crippen LogP contribution in [0.2, 0.25) is 0 Å². The molecule has 90 valence electrons. The number of hydrogen-bond donors (Lipinski definition) is 1. The topological polar surface area (TPSA) is 29.1 Å². The molecule has 0 unspecified atom stereocenters. The van der Waals surface area contributed by atoms with Crippen molar-refractivity contribution in [2.75, 3.05) is 0 Å². The van der Waals surface area contributed by atoms with Crippen molar-refractivity contribution in [1.82, 2.24) is 5.32 Å². The van der Waals surface area contributed by atoms with Crippen LogP contribution in [-0.4, -0.2) is 10.2 Å². The van der Waals surface area contributed by atoms with Gasteiger partial charge in [-0.1, -0.05) is 78.6 Å². The average molecular weight is 273 g/mol. The molecule has 1 aliphatic heterocycles. The van der Waals surface area contributed by atoms with Crippen LogP contribution in [0.1, 0.15) is 5.56 Å². The maximum Gasteiger partial charge on any atom is 0.263 e. The summed E-state index contributed by atoms with van der Waals surface area (Å²) in [6.45, 7) is 0. The number of benzene rings is 1. The van der Waals surface area contributed by atoms with Crippen LogP contribution in [-0.2, 0) is 4.79 Å². The van der Waals surface area contributed by atoms with Gasteiger partial charge >= 0.3 is 0 Å². The molecule has 0 spiro atoms. The molecular formula is C14H11NOS2. The Balaban J connectivity index is 1.93. The molecule has 0 radical (unpaired) electrons. The predicted octanol–water partition coefficient (Wildman–Crippen LogP) is 3.29. The Morgan fingerprint density at radius 1 is 1.11 bits per heavy atom. The second-order valence-electron chi connectivity index (χ2n) is 3.53. The SMILES string of the molecule is O=C1NC(=S)S\C1=C/C=C/C=C/c1ccccc1. The number of amides is 1. The molecule has 1 aromatic rings. The highest BCUT2D eigenvalue weighted by atomic mass is 32.2. The van der Waals surface area contributed by atoms with Crippen LogP contribution in [0.4, 0.5) is 0 Å². The van der Waals surface area contributed by atoms with Gasteiger partial charge in [0.05, 0.1) is 4.91 Å². The third-order valence-electron chi connectivity index (χ3n) is 2.20. The van der Waals surface area contributed by atoms with Crippen molar-refractivity contribution in [3.63, 3.8) is 0 Å². The number of thioether (sulfide) groups is 1. The van der Waals surface area contributed by atoms with E-state index in [4.69, 9.17) is 12.2 Å². The molecule has 0 atom stereocenters. The fraction of sp³-hybridized carbons (Fsp3) is 0. The Hall–Kier alpha value is -1.65. The molecule has 2 rings (SSSR count). The molecule has 0 aromatic heterocycles. The van der Waals surface area contributed by atoms with Crippen molar-refractivity contribution in [2.24, 2.45) is 0 Å². The zero-order valence-corrected chi connectivity index (χ0v) is 11.1. The van der Waals surface area contributed by atoms with Crippen molar-refractivity contribution in [2.45, 2.75) is 0 Å². The second kappa shape index (κ2) is 6.33. The number of hydrogen-bond acceptors (Lipinski definition) is 3. The van der Waals surface area contributed by atoms with E-state index in [-0.39, 0.29) is 5.91 Å². The number of carbonyl (C=O) groups excluding carboxylic acids is 1. The standard InChI is InChI=1S/C14H11NOS2/c16-13-12(18-14(17)15-13)10-6-2-5-9-11-7-3-1-4-8-11/h1-10H,(H,15,16,17)/b6-2+,9-5+,12-10-. The lowest BCUT2D eigenvalue weighted by atomic mass is 10.2. The van der Waals surface area contributed by atoms with Gasteiger partial charge in [-0.3, -0.25) is 4.79 Å². The summed E-state index contributed by atoms with van der Waals surface area (Å²) in [4.78, 5) is 12.0. The minimum absolute atomic E-state index is 0.123. The Bertz CT molecular complexity index is 544. The monoisotopic (exact) mass is 273 g/mol. The first-order valence-corrected chi connectivity index (χ1v) is 6.61. The number of allylic oxidation sites excluding steroid dienone is 4. The van der Waals surface area contributed by atoms with Gasteiger partial charge in [-0.05, 0) is 11.6 Å². The summed E-state index contributed by atoms with van der Waals surface area (Å²) in [7, 11) is 0. The van der Waals surface area contributed by atoms with Crippen LogP contribution in [0.3, 0.4) is 0 Å². The van der Waals surface area contributed by atoms with Gasteiger partial charge in [-0.2, -0.15) is 0 Å². The summed E-state index contributed by atoms with van der Waals surface area (Å²) >= 11 is 6.18. The van der Waals surface area contributed by atoms with Gasteiger partial charge in [0.2, 0.25) is 0 Å². The zero-order valence-electron chi connectivity index (χ0n) is 9.50. The molecule has 2 nitrogen and oxygen atoms in total. The van der Waals surface area contributed by atoms with Gasteiger partial charge in [0, 0.05) is 0 Å². The van der Waals surface area contributed by atoms with E-state index in [2.05, 4.69) is 5.32 Å². The van der Waals surface area contributed by atoms with E-state index >= 15 is 0 Å². The van der Waals surface area contributed by atoms with Crippen LogP contribution in [0.25, 0.3) is 6.08 Å². The van der Waals surface area contributed by atoms with E-state index in [1.54, 1.807) is 6.08 Å². The van der Waals surface area contributed by atoms with Gasteiger partial charge in [-0.15, -0.1) is 0 Å². The molecule has 1 amide bonds. The smallest absolute Gasteiger partial charge is 0.263 e. The van der Waals surface area contributed by atoms with Crippen LogP contribution >= 0.6 is 24.0 Å². The molecule has 1 N–H and O–H groups in total. The quantitative estimate of drug-likeness (QED) is 0.520. The Labute approximate surface area is 115 Å². The first kappa shape index (κ1) is 12.8. The van der Waals surface area contributed by atoms with Crippen molar-refractivity contribution >= 4 is 40.3 Å². The third kappa shape index (κ3) is 3.68. The van der Waals surface area contributed by atoms with Crippen LogP contribution in [0.5, 0.6) is 0 Å². The number of rotatable bonds is 3. The maximum atomic E-state index is 11.3. The Morgan fingerprint density at radius 2 is 1.89 bits per heavy atom. The molecule has 18 heavy (non-hydrogen) atoms. The predicted molar refractivity (Wildman–Crippen MR) is 81.0 cm³/mol. The largest absolute Gasteiger partial charge is 0.307 e. The summed E-state index contributed by atoms with van der Waals surface area (Å²) in [6.07, 6.45) is 9.41. The molecule has 1 aromatic carbocycles. The molecule has 1 fully saturated rings. The highest BCUT2D eigenvalue weighted by molar-refractivity contribution is 8.26. The molecule has 4 heteroatoms. The molecule has 1 saturated heterocycles. The van der Waals surface area contributed by atoms with Crippen LogP contribution in [0.15, 0.2) is 59.5 Å². The number of carbonyl (C=O) groups is 1. The number of thiocarbonyl (C=S) groups is 1. The van der Waals surface area contributed by atoms with E-state index in [9.17, 15) is 4.79 Å². The third-order valence-corrected chi connectivity index (χ3v) is 3.38. The van der Waals surface area contributed by atoms with Crippen molar-refractivity contribution in [3.05, 3.63) is 65.1 Å². The summed E-state index contributed by atoms with van der Waals surface area (Å²) in [5.74, 6) is -0.123. The van der Waals surface area contributed by atoms with E-state index in [1.165, 1.54) is 11.8 Å². The summed E-state index contributed by atoms with van der Waals surface area (Å²) in [5.41, 5.74) is 1.14. The fourth-order valence-corrected chi connectivity index (χ4v) is 2.37. The lowest BCUT2D eigenvalue weighted by molar-refractivity contribution is -0.115. The van der Waals surface area contributed by atoms with Gasteiger partial charge in [-0.25, -0.2) is 0 Å². The first-order valence-electron chi connectivity index (χ1n) is 5.39. The highest BCUT2D eigenvalue weighted by Crippen LogP contribution is 2.22. The normalized spacial score (nSPS) is 18.1. The molecule has 0 bridgehead atoms. The van der Waals surface area contributed by atoms with E-state index in [1.807, 2.05) is 54.6 Å². The molecule has 0 aliphatic carbocycles. The maximum absolute atomic E-state index is 11.3. The van der Waals surface area contributed by atoms with Gasteiger partial charge in [0.15, 0.2) is 0 Å². The minimum Gasteiger partial charge on any atom is -0.307 e. The summed E-state index contributed by atoms with van der Waals surface area (Å²) < 4.78 is 0.513. The van der Waals surface area contributed by atoms with E-state index in [0.29, 0.717) is 9.23 Å². The van der Waals surface area contributed by atoms with Crippen LogP contribution in [0, 0.1) is 0 Å². The van der Waals surface area contributed by atoms with Gasteiger partial charge in [0.25, 0.3) is 5.91 Å². The lowest BCUT2D eigenvalue weighted by Gasteiger charge is -1.88. The van der Waals surface area contributed by atoms with Gasteiger partial charge in [0.1, 0.15) is 4.32 Å². The van der Waals surface area contributed by atoms with E-state index < -0.39 is 0 Å². The Kier molecular flexibility index (Phi) is 4.50. The molecule has 0 saturated carbocycles. The highest BCUT2D eigenvalue weighted by Gasteiger charge is 2.20. The van der Waals surface area contributed by atoms with Crippen molar-refractivity contribution < 1.29 is 4.79 Å². The molecular weight excluding hydrogens is 262 g/mol. The summed E-state index contributed by atoms with van der Waals surface area (Å²) in [5, 5.41) is 2.57. The Morgan fingerprint density at radius 3 is 2.56 bits per heavy atom. The minimum atomic E-state index is -0.123. The first-order chi connectivity index (χ1) is 8.75. The van der Waals surface area contributed by atoms with Crippen molar-refractivity contribution in [1.29, 1.82) is 0 Å². The molecule has 1 aliphatic rings. The second-order valence-corrected chi connectivity index (χ2v) is 5.25. The fourth-order valence-electron chi connectivity index (χ4n) is 1.37. The zero-order chi connectivity index (χ0) is 12.8.